The molecule has 0 amide bonds. The number of aromatic nitrogens is 1. The Morgan fingerprint density at radius 1 is 1.10 bits per heavy atom. The average molecular weight is 288 g/mol. The first-order valence-corrected chi connectivity index (χ1v) is 6.46. The van der Waals surface area contributed by atoms with E-state index in [1.165, 1.54) is 13.2 Å². The molecule has 2 nitrogen and oxygen atoms in total. The fourth-order valence-corrected chi connectivity index (χ4v) is 2.37. The molecule has 0 saturated carbocycles. The predicted octanol–water partition coefficient (Wildman–Crippen LogP) is 4.70. The van der Waals surface area contributed by atoms with E-state index in [4.69, 9.17) is 16.3 Å². The third-order valence-corrected chi connectivity index (χ3v) is 3.42. The Morgan fingerprint density at radius 3 is 2.65 bits per heavy atom. The number of ether oxygens (including phenoxy) is 1. The molecule has 0 fully saturated rings. The SMILES string of the molecule is COc1cc2cccc(Cl)c2nc1-c1ccccc1F. The molecule has 0 aliphatic heterocycles. The highest BCUT2D eigenvalue weighted by Crippen LogP contribution is 2.34. The van der Waals surface area contributed by atoms with Crippen molar-refractivity contribution >= 4 is 22.5 Å². The van der Waals surface area contributed by atoms with Crippen molar-refractivity contribution in [1.29, 1.82) is 0 Å². The van der Waals surface area contributed by atoms with Crippen LogP contribution in [0.2, 0.25) is 5.02 Å². The van der Waals surface area contributed by atoms with Crippen molar-refractivity contribution in [3.8, 4) is 17.0 Å². The Morgan fingerprint density at radius 2 is 1.90 bits per heavy atom. The molecule has 0 unspecified atom stereocenters. The number of pyridine rings is 1. The third-order valence-electron chi connectivity index (χ3n) is 3.11. The molecule has 0 aliphatic rings. The van der Waals surface area contributed by atoms with E-state index in [1.54, 1.807) is 24.3 Å². The number of fused-ring (bicyclic) bond motifs is 1. The van der Waals surface area contributed by atoms with Gasteiger partial charge in [-0.25, -0.2) is 9.37 Å². The van der Waals surface area contributed by atoms with Gasteiger partial charge in [0.2, 0.25) is 0 Å². The summed E-state index contributed by atoms with van der Waals surface area (Å²) in [7, 11) is 1.54. The molecule has 0 N–H and O–H groups in total. The summed E-state index contributed by atoms with van der Waals surface area (Å²) in [4.78, 5) is 4.48. The molecular weight excluding hydrogens is 277 g/mol. The minimum atomic E-state index is -0.343. The lowest BCUT2D eigenvalue weighted by molar-refractivity contribution is 0.415. The van der Waals surface area contributed by atoms with E-state index in [0.717, 1.165) is 5.39 Å². The quantitative estimate of drug-likeness (QED) is 0.681. The van der Waals surface area contributed by atoms with Crippen LogP contribution in [0.4, 0.5) is 4.39 Å². The second-order valence-electron chi connectivity index (χ2n) is 4.33. The van der Waals surface area contributed by atoms with E-state index in [0.29, 0.717) is 27.5 Å². The standard InChI is InChI=1S/C16H11ClFNO/c1-20-14-9-10-5-4-7-12(17)15(10)19-16(14)11-6-2-3-8-13(11)18/h2-9H,1H3. The number of rotatable bonds is 2. The van der Waals surface area contributed by atoms with Gasteiger partial charge in [0.1, 0.15) is 17.3 Å². The topological polar surface area (TPSA) is 22.1 Å². The summed E-state index contributed by atoms with van der Waals surface area (Å²) >= 11 is 6.15. The largest absolute Gasteiger partial charge is 0.494 e. The van der Waals surface area contributed by atoms with Crippen LogP contribution in [0.5, 0.6) is 5.75 Å². The molecule has 0 saturated heterocycles. The van der Waals surface area contributed by atoms with Gasteiger partial charge < -0.3 is 4.74 Å². The van der Waals surface area contributed by atoms with Gasteiger partial charge in [0.25, 0.3) is 0 Å². The zero-order chi connectivity index (χ0) is 14.1. The average Bonchev–Trinajstić information content (AvgIpc) is 2.47. The Labute approximate surface area is 120 Å². The lowest BCUT2D eigenvalue weighted by atomic mass is 10.1. The summed E-state index contributed by atoms with van der Waals surface area (Å²) in [5.74, 6) is 0.176. The van der Waals surface area contributed by atoms with Crippen LogP contribution in [0.1, 0.15) is 0 Å². The van der Waals surface area contributed by atoms with Gasteiger partial charge in [-0.3, -0.25) is 0 Å². The molecule has 0 bridgehead atoms. The predicted molar refractivity (Wildman–Crippen MR) is 78.7 cm³/mol. The van der Waals surface area contributed by atoms with Crippen LogP contribution in [-0.4, -0.2) is 12.1 Å². The first-order valence-electron chi connectivity index (χ1n) is 6.09. The number of hydrogen-bond donors (Lipinski definition) is 0. The smallest absolute Gasteiger partial charge is 0.145 e. The fraction of sp³-hybridized carbons (Fsp3) is 0.0625. The molecule has 1 aromatic heterocycles. The van der Waals surface area contributed by atoms with E-state index < -0.39 is 0 Å². The Kier molecular flexibility index (Phi) is 3.28. The number of nitrogens with zero attached hydrogens (tertiary/aromatic N) is 1. The zero-order valence-electron chi connectivity index (χ0n) is 10.7. The Hall–Kier alpha value is -2.13. The van der Waals surface area contributed by atoms with Crippen molar-refractivity contribution in [3.05, 3.63) is 59.4 Å². The summed E-state index contributed by atoms with van der Waals surface area (Å²) in [6, 6.07) is 13.8. The van der Waals surface area contributed by atoms with Crippen molar-refractivity contribution in [2.45, 2.75) is 0 Å². The van der Waals surface area contributed by atoms with Gasteiger partial charge in [-0.1, -0.05) is 35.9 Å². The Bertz CT molecular complexity index is 789. The van der Waals surface area contributed by atoms with Crippen LogP contribution in [0, 0.1) is 5.82 Å². The van der Waals surface area contributed by atoms with Gasteiger partial charge in [-0.15, -0.1) is 0 Å². The van der Waals surface area contributed by atoms with Crippen LogP contribution in [0.15, 0.2) is 48.5 Å². The molecule has 0 atom stereocenters. The number of para-hydroxylation sites is 1. The summed E-state index contributed by atoms with van der Waals surface area (Å²) in [5, 5.41) is 1.39. The molecule has 0 spiro atoms. The lowest BCUT2D eigenvalue weighted by Crippen LogP contribution is -1.95. The van der Waals surface area contributed by atoms with Gasteiger partial charge in [-0.2, -0.15) is 0 Å². The molecule has 1 heterocycles. The molecule has 0 aliphatic carbocycles. The highest BCUT2D eigenvalue weighted by atomic mass is 35.5. The van der Waals surface area contributed by atoms with Crippen molar-refractivity contribution in [2.75, 3.05) is 7.11 Å². The van der Waals surface area contributed by atoms with E-state index in [1.807, 2.05) is 18.2 Å². The minimum absolute atomic E-state index is 0.343. The third kappa shape index (κ3) is 2.10. The number of hydrogen-bond acceptors (Lipinski definition) is 2. The van der Waals surface area contributed by atoms with Gasteiger partial charge in [0, 0.05) is 10.9 Å². The van der Waals surface area contributed by atoms with Gasteiger partial charge in [0.05, 0.1) is 17.6 Å². The zero-order valence-corrected chi connectivity index (χ0v) is 11.5. The van der Waals surface area contributed by atoms with Crippen LogP contribution in [0.25, 0.3) is 22.2 Å². The molecule has 3 aromatic rings. The number of halogens is 2. The van der Waals surface area contributed by atoms with Gasteiger partial charge >= 0.3 is 0 Å². The summed E-state index contributed by atoms with van der Waals surface area (Å²) in [6.45, 7) is 0. The van der Waals surface area contributed by atoms with Crippen molar-refractivity contribution in [2.24, 2.45) is 0 Å². The second kappa shape index (κ2) is 5.10. The molecular formula is C16H11ClFNO. The number of benzene rings is 2. The number of methoxy groups -OCH3 is 1. The molecule has 2 aromatic carbocycles. The summed E-state index contributed by atoms with van der Waals surface area (Å²) in [6.07, 6.45) is 0. The maximum Gasteiger partial charge on any atom is 0.145 e. The van der Waals surface area contributed by atoms with Crippen LogP contribution in [-0.2, 0) is 0 Å². The minimum Gasteiger partial charge on any atom is -0.494 e. The summed E-state index contributed by atoms with van der Waals surface area (Å²) in [5.41, 5.74) is 1.48. The Balaban J connectivity index is 2.34. The summed E-state index contributed by atoms with van der Waals surface area (Å²) < 4.78 is 19.3. The molecule has 4 heteroatoms. The van der Waals surface area contributed by atoms with Crippen molar-refractivity contribution in [1.82, 2.24) is 4.98 Å². The maximum absolute atomic E-state index is 14.0. The van der Waals surface area contributed by atoms with E-state index in [2.05, 4.69) is 4.98 Å². The highest BCUT2D eigenvalue weighted by molar-refractivity contribution is 6.35. The first kappa shape index (κ1) is 12.9. The molecule has 20 heavy (non-hydrogen) atoms. The fourth-order valence-electron chi connectivity index (χ4n) is 2.14. The maximum atomic E-state index is 14.0. The lowest BCUT2D eigenvalue weighted by Gasteiger charge is -2.11. The normalized spacial score (nSPS) is 10.8. The van der Waals surface area contributed by atoms with Crippen molar-refractivity contribution < 1.29 is 9.13 Å². The van der Waals surface area contributed by atoms with E-state index >= 15 is 0 Å². The van der Waals surface area contributed by atoms with Gasteiger partial charge in [0.15, 0.2) is 0 Å². The van der Waals surface area contributed by atoms with Crippen LogP contribution < -0.4 is 4.74 Å². The second-order valence-corrected chi connectivity index (χ2v) is 4.74. The van der Waals surface area contributed by atoms with Gasteiger partial charge in [-0.05, 0) is 24.3 Å². The highest BCUT2D eigenvalue weighted by Gasteiger charge is 2.14. The van der Waals surface area contributed by atoms with Crippen LogP contribution in [0.3, 0.4) is 0 Å². The first-order chi connectivity index (χ1) is 9.70. The monoisotopic (exact) mass is 287 g/mol. The van der Waals surface area contributed by atoms with Crippen molar-refractivity contribution in [3.63, 3.8) is 0 Å². The molecule has 3 rings (SSSR count). The molecule has 0 radical (unpaired) electrons. The molecule has 100 valence electrons. The van der Waals surface area contributed by atoms with E-state index in [9.17, 15) is 4.39 Å². The van der Waals surface area contributed by atoms with Crippen LogP contribution >= 0.6 is 11.6 Å². The van der Waals surface area contributed by atoms with E-state index in [-0.39, 0.29) is 5.82 Å².